The molecule has 0 saturated carbocycles. The SMILES string of the molecule is COc1ccccc1-c1c(C(F)(F)F)oc2cc(OC(=O)C(Cl)c3ccccc3)ccc2c1=O. The standard InChI is InChI=1S/C25H16ClF3O5/c1-32-18-10-6-5-9-16(18)20-22(30)17-12-11-15(13-19(17)34-23(20)25(27,28)29)33-24(31)21(26)14-7-3-2-4-8-14/h2-13,21H,1H3. The van der Waals surface area contributed by atoms with E-state index in [0.717, 1.165) is 6.07 Å². The van der Waals surface area contributed by atoms with Gasteiger partial charge in [0.05, 0.1) is 18.1 Å². The summed E-state index contributed by atoms with van der Waals surface area (Å²) >= 11 is 6.14. The Balaban J connectivity index is 1.80. The minimum Gasteiger partial charge on any atom is -0.496 e. The predicted octanol–water partition coefficient (Wildman–Crippen LogP) is 6.37. The van der Waals surface area contributed by atoms with Crippen molar-refractivity contribution in [2.45, 2.75) is 11.6 Å². The normalized spacial score (nSPS) is 12.4. The van der Waals surface area contributed by atoms with E-state index in [1.54, 1.807) is 36.4 Å². The summed E-state index contributed by atoms with van der Waals surface area (Å²) in [5, 5.41) is -1.26. The minimum absolute atomic E-state index is 0.0590. The zero-order valence-corrected chi connectivity index (χ0v) is 18.3. The molecule has 0 fully saturated rings. The highest BCUT2D eigenvalue weighted by molar-refractivity contribution is 6.30. The van der Waals surface area contributed by atoms with Crippen LogP contribution in [0.2, 0.25) is 0 Å². The van der Waals surface area contributed by atoms with E-state index in [-0.39, 0.29) is 22.4 Å². The first kappa shape index (κ1) is 23.4. The molecule has 1 atom stereocenters. The van der Waals surface area contributed by atoms with Crippen molar-refractivity contribution >= 4 is 28.5 Å². The van der Waals surface area contributed by atoms with E-state index in [0.29, 0.717) is 5.56 Å². The van der Waals surface area contributed by atoms with E-state index in [1.165, 1.54) is 37.4 Å². The maximum Gasteiger partial charge on any atom is 0.450 e. The van der Waals surface area contributed by atoms with Crippen LogP contribution in [-0.2, 0) is 11.0 Å². The van der Waals surface area contributed by atoms with Crippen LogP contribution in [0.15, 0.2) is 82.0 Å². The average Bonchev–Trinajstić information content (AvgIpc) is 2.83. The number of methoxy groups -OCH3 is 1. The second-order valence-corrected chi connectivity index (χ2v) is 7.62. The molecule has 1 unspecified atom stereocenters. The summed E-state index contributed by atoms with van der Waals surface area (Å²) in [5.41, 5.74) is -1.55. The molecule has 1 aromatic heterocycles. The van der Waals surface area contributed by atoms with Crippen molar-refractivity contribution in [3.63, 3.8) is 0 Å². The molecule has 0 bridgehead atoms. The number of halogens is 4. The highest BCUT2D eigenvalue weighted by atomic mass is 35.5. The highest BCUT2D eigenvalue weighted by Gasteiger charge is 2.40. The van der Waals surface area contributed by atoms with Crippen molar-refractivity contribution in [1.82, 2.24) is 0 Å². The number of hydrogen-bond acceptors (Lipinski definition) is 5. The first-order chi connectivity index (χ1) is 16.2. The summed E-state index contributed by atoms with van der Waals surface area (Å²) in [7, 11) is 1.29. The molecular weight excluding hydrogens is 473 g/mol. The van der Waals surface area contributed by atoms with Crippen molar-refractivity contribution in [1.29, 1.82) is 0 Å². The zero-order chi connectivity index (χ0) is 24.5. The fourth-order valence-corrected chi connectivity index (χ4v) is 3.65. The van der Waals surface area contributed by atoms with Crippen LogP contribution in [0.5, 0.6) is 11.5 Å². The molecule has 0 amide bonds. The van der Waals surface area contributed by atoms with E-state index in [9.17, 15) is 22.8 Å². The highest BCUT2D eigenvalue weighted by Crippen LogP contribution is 2.40. The molecule has 3 aromatic carbocycles. The molecule has 9 heteroatoms. The summed E-state index contributed by atoms with van der Waals surface area (Å²) in [5.74, 6) is -2.37. The lowest BCUT2D eigenvalue weighted by Gasteiger charge is -2.15. The molecule has 0 aliphatic carbocycles. The van der Waals surface area contributed by atoms with Gasteiger partial charge in [0.2, 0.25) is 11.2 Å². The first-order valence-corrected chi connectivity index (χ1v) is 10.4. The van der Waals surface area contributed by atoms with Gasteiger partial charge in [-0.05, 0) is 23.8 Å². The third kappa shape index (κ3) is 4.49. The zero-order valence-electron chi connectivity index (χ0n) is 17.6. The Kier molecular flexibility index (Phi) is 6.34. The molecule has 0 radical (unpaired) electrons. The number of hydrogen-bond donors (Lipinski definition) is 0. The fourth-order valence-electron chi connectivity index (χ4n) is 3.46. The number of alkyl halides is 4. The smallest absolute Gasteiger partial charge is 0.450 e. The number of fused-ring (bicyclic) bond motifs is 1. The van der Waals surface area contributed by atoms with E-state index in [2.05, 4.69) is 0 Å². The lowest BCUT2D eigenvalue weighted by molar-refractivity contribution is -0.152. The molecule has 4 aromatic rings. The minimum atomic E-state index is -4.98. The van der Waals surface area contributed by atoms with Crippen molar-refractivity contribution < 1.29 is 31.9 Å². The fraction of sp³-hybridized carbons (Fsp3) is 0.120. The van der Waals surface area contributed by atoms with Crippen LogP contribution >= 0.6 is 11.6 Å². The Hall–Kier alpha value is -3.78. The van der Waals surface area contributed by atoms with Crippen LogP contribution in [0.1, 0.15) is 16.7 Å². The second-order valence-electron chi connectivity index (χ2n) is 7.19. The molecule has 0 aliphatic rings. The van der Waals surface area contributed by atoms with Gasteiger partial charge in [0, 0.05) is 11.6 Å². The van der Waals surface area contributed by atoms with Gasteiger partial charge in [-0.1, -0.05) is 48.5 Å². The van der Waals surface area contributed by atoms with E-state index >= 15 is 0 Å². The molecule has 0 spiro atoms. The molecule has 0 N–H and O–H groups in total. The van der Waals surface area contributed by atoms with Gasteiger partial charge in [-0.25, -0.2) is 4.79 Å². The van der Waals surface area contributed by atoms with Crippen molar-refractivity contribution in [3.05, 3.63) is 94.3 Å². The van der Waals surface area contributed by atoms with Crippen molar-refractivity contribution in [2.24, 2.45) is 0 Å². The van der Waals surface area contributed by atoms with Gasteiger partial charge in [0.15, 0.2) is 5.38 Å². The molecule has 5 nitrogen and oxygen atoms in total. The second kappa shape index (κ2) is 9.23. The van der Waals surface area contributed by atoms with E-state index < -0.39 is 39.9 Å². The van der Waals surface area contributed by atoms with Crippen LogP contribution in [-0.4, -0.2) is 13.1 Å². The molecule has 1 heterocycles. The summed E-state index contributed by atoms with van der Waals surface area (Å²) in [6.07, 6.45) is -4.98. The molecule has 34 heavy (non-hydrogen) atoms. The lowest BCUT2D eigenvalue weighted by atomic mass is 10.0. The quantitative estimate of drug-likeness (QED) is 0.185. The summed E-state index contributed by atoms with van der Waals surface area (Å²) < 4.78 is 57.2. The van der Waals surface area contributed by atoms with Gasteiger partial charge in [-0.2, -0.15) is 13.2 Å². The van der Waals surface area contributed by atoms with Gasteiger partial charge < -0.3 is 13.9 Å². The Morgan fingerprint density at radius 1 is 1.00 bits per heavy atom. The molecule has 0 saturated heterocycles. The first-order valence-electron chi connectivity index (χ1n) is 9.93. The van der Waals surface area contributed by atoms with Crippen molar-refractivity contribution in [2.75, 3.05) is 7.11 Å². The lowest BCUT2D eigenvalue weighted by Crippen LogP contribution is -2.17. The number of ether oxygens (including phenoxy) is 2. The van der Waals surface area contributed by atoms with Gasteiger partial charge >= 0.3 is 12.1 Å². The Morgan fingerprint density at radius 3 is 2.35 bits per heavy atom. The number of carbonyl (C=O) groups is 1. The number of para-hydroxylation sites is 1. The van der Waals surface area contributed by atoms with Crippen molar-refractivity contribution in [3.8, 4) is 22.6 Å². The predicted molar refractivity (Wildman–Crippen MR) is 120 cm³/mol. The Labute approximate surface area is 196 Å². The Morgan fingerprint density at radius 2 is 1.68 bits per heavy atom. The summed E-state index contributed by atoms with van der Waals surface area (Å²) in [6, 6.07) is 17.8. The van der Waals surface area contributed by atoms with Crippen LogP contribution in [0.4, 0.5) is 13.2 Å². The van der Waals surface area contributed by atoms with Crippen LogP contribution in [0, 0.1) is 0 Å². The largest absolute Gasteiger partial charge is 0.496 e. The number of benzene rings is 3. The molecule has 174 valence electrons. The monoisotopic (exact) mass is 488 g/mol. The van der Waals surface area contributed by atoms with Crippen LogP contribution in [0.25, 0.3) is 22.1 Å². The topological polar surface area (TPSA) is 65.7 Å². The average molecular weight is 489 g/mol. The van der Waals surface area contributed by atoms with Crippen LogP contribution < -0.4 is 14.9 Å². The third-order valence-electron chi connectivity index (χ3n) is 5.02. The number of carbonyl (C=O) groups excluding carboxylic acids is 1. The van der Waals surface area contributed by atoms with Gasteiger partial charge in [0.25, 0.3) is 0 Å². The molecule has 0 aliphatic heterocycles. The third-order valence-corrected chi connectivity index (χ3v) is 5.45. The van der Waals surface area contributed by atoms with E-state index in [4.69, 9.17) is 25.5 Å². The van der Waals surface area contributed by atoms with E-state index in [1.807, 2.05) is 0 Å². The maximum absolute atomic E-state index is 13.9. The summed E-state index contributed by atoms with van der Waals surface area (Å²) in [4.78, 5) is 25.6. The number of esters is 1. The van der Waals surface area contributed by atoms with Gasteiger partial charge in [0.1, 0.15) is 17.1 Å². The summed E-state index contributed by atoms with van der Waals surface area (Å²) in [6.45, 7) is 0. The van der Waals surface area contributed by atoms with Gasteiger partial charge in [-0.15, -0.1) is 11.6 Å². The van der Waals surface area contributed by atoms with Crippen LogP contribution in [0.3, 0.4) is 0 Å². The van der Waals surface area contributed by atoms with Gasteiger partial charge in [-0.3, -0.25) is 4.79 Å². The molecular formula is C25H16ClF3O5. The maximum atomic E-state index is 13.9. The Bertz CT molecular complexity index is 1410. The molecule has 4 rings (SSSR count). The number of rotatable bonds is 5.